The highest BCUT2D eigenvalue weighted by atomic mass is 35.5. The summed E-state index contributed by atoms with van der Waals surface area (Å²) in [6, 6.07) is 20.8. The maximum Gasteiger partial charge on any atom is 0.264 e. The van der Waals surface area contributed by atoms with Gasteiger partial charge in [-0.3, -0.25) is 13.9 Å². The van der Waals surface area contributed by atoms with E-state index in [1.165, 1.54) is 17.0 Å². The Kier molecular flexibility index (Phi) is 12.0. The van der Waals surface area contributed by atoms with Gasteiger partial charge in [-0.15, -0.1) is 0 Å². The number of unbranched alkanes of at least 4 members (excludes halogenated alkanes) is 1. The second-order valence-electron chi connectivity index (χ2n) is 9.47. The van der Waals surface area contributed by atoms with Crippen molar-refractivity contribution in [3.05, 3.63) is 89.4 Å². The molecule has 0 aromatic heterocycles. The molecule has 1 atom stereocenters. The summed E-state index contributed by atoms with van der Waals surface area (Å²) in [4.78, 5) is 28.7. The first-order valence-electron chi connectivity index (χ1n) is 13.8. The molecule has 2 amide bonds. The number of carbonyl (C=O) groups is 2. The first kappa shape index (κ1) is 32.0. The molecule has 0 unspecified atom stereocenters. The number of halogens is 1. The second kappa shape index (κ2) is 15.4. The minimum absolute atomic E-state index is 0.0196. The second-order valence-corrected chi connectivity index (χ2v) is 11.8. The van der Waals surface area contributed by atoms with Crippen LogP contribution in [0.15, 0.2) is 83.8 Å². The van der Waals surface area contributed by atoms with Crippen LogP contribution >= 0.6 is 11.6 Å². The van der Waals surface area contributed by atoms with E-state index in [1.54, 1.807) is 66.7 Å². The first-order chi connectivity index (χ1) is 19.7. The van der Waals surface area contributed by atoms with Crippen LogP contribution in [-0.2, 0) is 26.2 Å². The molecule has 3 aromatic carbocycles. The molecule has 0 fully saturated rings. The van der Waals surface area contributed by atoms with Crippen LogP contribution in [-0.4, -0.2) is 50.9 Å². The van der Waals surface area contributed by atoms with Gasteiger partial charge in [-0.2, -0.15) is 0 Å². The summed E-state index contributed by atoms with van der Waals surface area (Å²) in [5.74, 6) is -0.234. The van der Waals surface area contributed by atoms with Crippen LogP contribution < -0.4 is 14.4 Å². The molecule has 0 saturated heterocycles. The van der Waals surface area contributed by atoms with Gasteiger partial charge < -0.3 is 15.0 Å². The summed E-state index contributed by atoms with van der Waals surface area (Å²) in [6.45, 7) is 6.27. The molecule has 0 saturated carbocycles. The van der Waals surface area contributed by atoms with Crippen LogP contribution in [0.5, 0.6) is 5.75 Å². The Labute approximate surface area is 248 Å². The zero-order valence-electron chi connectivity index (χ0n) is 23.8. The predicted molar refractivity (Wildman–Crippen MR) is 163 cm³/mol. The van der Waals surface area contributed by atoms with Gasteiger partial charge >= 0.3 is 0 Å². The molecule has 41 heavy (non-hydrogen) atoms. The van der Waals surface area contributed by atoms with Gasteiger partial charge in [-0.25, -0.2) is 8.42 Å². The van der Waals surface area contributed by atoms with E-state index >= 15 is 0 Å². The number of hydrogen-bond acceptors (Lipinski definition) is 5. The maximum atomic E-state index is 14.0. The Hall–Kier alpha value is -3.56. The third-order valence-electron chi connectivity index (χ3n) is 6.53. The molecule has 0 bridgehead atoms. The molecule has 1 N–H and O–H groups in total. The average molecular weight is 600 g/mol. The molecule has 8 nitrogen and oxygen atoms in total. The molecule has 0 radical (unpaired) electrons. The lowest BCUT2D eigenvalue weighted by molar-refractivity contribution is -0.140. The van der Waals surface area contributed by atoms with Crippen LogP contribution in [0, 0.1) is 0 Å². The highest BCUT2D eigenvalue weighted by Crippen LogP contribution is 2.26. The van der Waals surface area contributed by atoms with E-state index in [1.807, 2.05) is 20.8 Å². The highest BCUT2D eigenvalue weighted by molar-refractivity contribution is 7.92. The van der Waals surface area contributed by atoms with Crippen molar-refractivity contribution in [2.24, 2.45) is 0 Å². The van der Waals surface area contributed by atoms with Gasteiger partial charge in [-0.1, -0.05) is 62.2 Å². The number of amides is 2. The molecule has 3 rings (SSSR count). The van der Waals surface area contributed by atoms with Crippen LogP contribution in [0.25, 0.3) is 0 Å². The van der Waals surface area contributed by atoms with Crippen LogP contribution in [0.4, 0.5) is 5.69 Å². The number of rotatable bonds is 15. The summed E-state index contributed by atoms with van der Waals surface area (Å²) in [6.07, 6.45) is 2.09. The maximum absolute atomic E-state index is 14.0. The summed E-state index contributed by atoms with van der Waals surface area (Å²) >= 11 is 6.07. The number of ether oxygens (including phenoxy) is 1. The van der Waals surface area contributed by atoms with Crippen molar-refractivity contribution in [1.29, 1.82) is 0 Å². The van der Waals surface area contributed by atoms with Gasteiger partial charge in [-0.05, 0) is 73.9 Å². The SMILES string of the molecule is CCCCNC(=O)[C@H](CC)N(Cc1ccc(Cl)cc1)C(=O)CN(c1ccccc1)S(=O)(=O)c1ccc(OCC)cc1. The quantitative estimate of drug-likeness (QED) is 0.228. The largest absolute Gasteiger partial charge is 0.494 e. The number of para-hydroxylation sites is 1. The molecular formula is C31H38ClN3O5S. The van der Waals surface area contributed by atoms with Crippen LogP contribution in [0.2, 0.25) is 5.02 Å². The zero-order chi connectivity index (χ0) is 29.8. The summed E-state index contributed by atoms with van der Waals surface area (Å²) in [7, 11) is -4.15. The summed E-state index contributed by atoms with van der Waals surface area (Å²) < 4.78 is 34.4. The minimum atomic E-state index is -4.15. The van der Waals surface area contributed by atoms with Gasteiger partial charge in [0.1, 0.15) is 18.3 Å². The van der Waals surface area contributed by atoms with Crippen molar-refractivity contribution in [1.82, 2.24) is 10.2 Å². The fourth-order valence-electron chi connectivity index (χ4n) is 4.34. The molecule has 0 spiro atoms. The number of sulfonamides is 1. The number of anilines is 1. The van der Waals surface area contributed by atoms with Crippen molar-refractivity contribution in [3.8, 4) is 5.75 Å². The molecular weight excluding hydrogens is 562 g/mol. The van der Waals surface area contributed by atoms with Gasteiger partial charge in [0, 0.05) is 18.1 Å². The average Bonchev–Trinajstić information content (AvgIpc) is 2.97. The Morgan fingerprint density at radius 2 is 1.59 bits per heavy atom. The number of nitrogens with zero attached hydrogens (tertiary/aromatic N) is 2. The van der Waals surface area contributed by atoms with E-state index < -0.39 is 28.5 Å². The smallest absolute Gasteiger partial charge is 0.264 e. The van der Waals surface area contributed by atoms with Crippen LogP contribution in [0.3, 0.4) is 0 Å². The molecule has 0 aliphatic heterocycles. The molecule has 0 aliphatic rings. The van der Waals surface area contributed by atoms with Gasteiger partial charge in [0.2, 0.25) is 11.8 Å². The fourth-order valence-corrected chi connectivity index (χ4v) is 5.88. The molecule has 10 heteroatoms. The van der Waals surface area contributed by atoms with Gasteiger partial charge in [0.25, 0.3) is 10.0 Å². The predicted octanol–water partition coefficient (Wildman–Crippen LogP) is 5.66. The van der Waals surface area contributed by atoms with E-state index in [0.717, 1.165) is 22.7 Å². The Morgan fingerprint density at radius 3 is 2.17 bits per heavy atom. The summed E-state index contributed by atoms with van der Waals surface area (Å²) in [5.41, 5.74) is 1.10. The monoisotopic (exact) mass is 599 g/mol. The van der Waals surface area contributed by atoms with Crippen molar-refractivity contribution in [3.63, 3.8) is 0 Å². The Morgan fingerprint density at radius 1 is 0.927 bits per heavy atom. The van der Waals surface area contributed by atoms with E-state index in [-0.39, 0.29) is 17.3 Å². The fraction of sp³-hybridized carbons (Fsp3) is 0.355. The number of carbonyl (C=O) groups excluding carboxylic acids is 2. The lowest BCUT2D eigenvalue weighted by atomic mass is 10.1. The first-order valence-corrected chi connectivity index (χ1v) is 15.6. The summed E-state index contributed by atoms with van der Waals surface area (Å²) in [5, 5.41) is 3.47. The van der Waals surface area contributed by atoms with Gasteiger partial charge in [0.05, 0.1) is 17.2 Å². The highest BCUT2D eigenvalue weighted by Gasteiger charge is 2.33. The Balaban J connectivity index is 1.99. The number of nitrogens with one attached hydrogen (secondary N) is 1. The molecule has 3 aromatic rings. The minimum Gasteiger partial charge on any atom is -0.494 e. The van der Waals surface area contributed by atoms with E-state index in [9.17, 15) is 18.0 Å². The Bertz CT molecular complexity index is 1370. The normalized spacial score (nSPS) is 11.9. The topological polar surface area (TPSA) is 96.0 Å². The standard InChI is InChI=1S/C31H38ClN3O5S/c1-4-7-21-33-31(37)29(5-2)34(22-24-13-15-25(32)16-14-24)30(36)23-35(26-11-9-8-10-12-26)41(38,39)28-19-17-27(18-20-28)40-6-3/h8-20,29H,4-7,21-23H2,1-3H3,(H,33,37)/t29-/m0/s1. The molecule has 0 heterocycles. The van der Waals surface area contributed by atoms with Gasteiger partial charge in [0.15, 0.2) is 0 Å². The third-order valence-corrected chi connectivity index (χ3v) is 8.57. The van der Waals surface area contributed by atoms with Crippen LogP contribution in [0.1, 0.15) is 45.6 Å². The van der Waals surface area contributed by atoms with Crippen molar-refractivity contribution in [2.75, 3.05) is 24.0 Å². The van der Waals surface area contributed by atoms with E-state index in [2.05, 4.69) is 5.32 Å². The third kappa shape index (κ3) is 8.71. The number of benzene rings is 3. The van der Waals surface area contributed by atoms with E-state index in [4.69, 9.17) is 16.3 Å². The lowest BCUT2D eigenvalue weighted by Gasteiger charge is -2.33. The van der Waals surface area contributed by atoms with E-state index in [0.29, 0.717) is 36.0 Å². The molecule has 220 valence electrons. The molecule has 0 aliphatic carbocycles. The van der Waals surface area contributed by atoms with Crippen molar-refractivity contribution in [2.45, 2.75) is 57.5 Å². The van der Waals surface area contributed by atoms with Crippen molar-refractivity contribution >= 4 is 39.1 Å². The van der Waals surface area contributed by atoms with Crippen molar-refractivity contribution < 1.29 is 22.7 Å². The zero-order valence-corrected chi connectivity index (χ0v) is 25.3. The lowest BCUT2D eigenvalue weighted by Crippen LogP contribution is -2.52. The number of hydrogen-bond donors (Lipinski definition) is 1.